The third kappa shape index (κ3) is 4.65. The van der Waals surface area contributed by atoms with Gasteiger partial charge in [-0.2, -0.15) is 18.3 Å². The van der Waals surface area contributed by atoms with E-state index in [4.69, 9.17) is 11.6 Å². The number of benzene rings is 2. The van der Waals surface area contributed by atoms with Gasteiger partial charge in [-0.1, -0.05) is 29.8 Å². The third-order valence-corrected chi connectivity index (χ3v) is 3.91. The molecule has 2 aromatic carbocycles. The van der Waals surface area contributed by atoms with Crippen molar-refractivity contribution < 1.29 is 22.4 Å². The van der Waals surface area contributed by atoms with Gasteiger partial charge in [-0.3, -0.25) is 9.48 Å². The van der Waals surface area contributed by atoms with Crippen LogP contribution in [0.5, 0.6) is 0 Å². The number of anilines is 1. The van der Waals surface area contributed by atoms with Crippen LogP contribution < -0.4 is 5.32 Å². The fourth-order valence-electron chi connectivity index (χ4n) is 2.40. The zero-order chi connectivity index (χ0) is 19.6. The molecule has 0 aliphatic heterocycles. The summed E-state index contributed by atoms with van der Waals surface area (Å²) in [6, 6.07) is 9.89. The van der Waals surface area contributed by atoms with E-state index in [0.29, 0.717) is 5.56 Å². The second-order valence-electron chi connectivity index (χ2n) is 5.69. The van der Waals surface area contributed by atoms with Crippen molar-refractivity contribution in [2.75, 3.05) is 5.32 Å². The van der Waals surface area contributed by atoms with Crippen LogP contribution in [0.15, 0.2) is 54.7 Å². The molecule has 140 valence electrons. The summed E-state index contributed by atoms with van der Waals surface area (Å²) in [6.07, 6.45) is -3.13. The minimum absolute atomic E-state index is 0.00418. The first-order valence-electron chi connectivity index (χ1n) is 7.68. The maximum atomic E-state index is 13.2. The number of alkyl halides is 3. The van der Waals surface area contributed by atoms with E-state index in [9.17, 15) is 22.4 Å². The van der Waals surface area contributed by atoms with Crippen LogP contribution >= 0.6 is 11.6 Å². The molecule has 0 saturated carbocycles. The molecule has 27 heavy (non-hydrogen) atoms. The molecule has 1 aromatic heterocycles. The number of nitrogens with zero attached hydrogens (tertiary/aromatic N) is 2. The standard InChI is InChI=1S/C18H12ClF4N3O/c19-15-10-26(9-11-3-1-6-14(20)7-11)25-16(15)24-17(27)12-4-2-5-13(8-12)18(21,22)23/h1-8,10H,9H2,(H,24,25,27). The van der Waals surface area contributed by atoms with Crippen molar-refractivity contribution >= 4 is 23.3 Å². The lowest BCUT2D eigenvalue weighted by atomic mass is 10.1. The summed E-state index contributed by atoms with van der Waals surface area (Å²) in [6.45, 7) is 0.205. The van der Waals surface area contributed by atoms with Gasteiger partial charge in [0.15, 0.2) is 5.82 Å². The number of hydrogen-bond donors (Lipinski definition) is 1. The number of hydrogen-bond acceptors (Lipinski definition) is 2. The summed E-state index contributed by atoms with van der Waals surface area (Å²) in [5, 5.41) is 6.56. The molecule has 1 amide bonds. The molecule has 0 unspecified atom stereocenters. The number of halogens is 5. The van der Waals surface area contributed by atoms with Gasteiger partial charge in [0, 0.05) is 11.8 Å². The molecule has 0 bridgehead atoms. The fourth-order valence-corrected chi connectivity index (χ4v) is 2.60. The zero-order valence-electron chi connectivity index (χ0n) is 13.6. The van der Waals surface area contributed by atoms with Crippen molar-refractivity contribution in [3.63, 3.8) is 0 Å². The van der Waals surface area contributed by atoms with Crippen LogP contribution in [0.2, 0.25) is 5.02 Å². The Kier molecular flexibility index (Phi) is 5.18. The Bertz CT molecular complexity index is 985. The molecule has 0 aliphatic rings. The largest absolute Gasteiger partial charge is 0.416 e. The summed E-state index contributed by atoms with van der Waals surface area (Å²) in [4.78, 5) is 12.2. The van der Waals surface area contributed by atoms with Gasteiger partial charge in [-0.15, -0.1) is 0 Å². The number of carbonyl (C=O) groups is 1. The van der Waals surface area contributed by atoms with Crippen LogP contribution in [0.1, 0.15) is 21.5 Å². The lowest BCUT2D eigenvalue weighted by molar-refractivity contribution is -0.137. The average Bonchev–Trinajstić information content (AvgIpc) is 2.93. The molecule has 0 spiro atoms. The SMILES string of the molecule is O=C(Nc1nn(Cc2cccc(F)c2)cc1Cl)c1cccc(C(F)(F)F)c1. The summed E-state index contributed by atoms with van der Waals surface area (Å²) >= 11 is 6.03. The van der Waals surface area contributed by atoms with Gasteiger partial charge in [0.05, 0.1) is 12.1 Å². The second kappa shape index (κ2) is 7.40. The van der Waals surface area contributed by atoms with Crippen LogP contribution in [-0.4, -0.2) is 15.7 Å². The molecule has 9 heteroatoms. The lowest BCUT2D eigenvalue weighted by Gasteiger charge is -2.08. The number of carbonyl (C=O) groups excluding carboxylic acids is 1. The van der Waals surface area contributed by atoms with E-state index in [1.54, 1.807) is 12.1 Å². The first kappa shape index (κ1) is 18.9. The number of nitrogens with one attached hydrogen (secondary N) is 1. The van der Waals surface area contributed by atoms with E-state index in [0.717, 1.165) is 18.2 Å². The Morgan fingerprint density at radius 2 is 1.89 bits per heavy atom. The van der Waals surface area contributed by atoms with Crippen LogP contribution in [0.25, 0.3) is 0 Å². The second-order valence-corrected chi connectivity index (χ2v) is 6.09. The Hall–Kier alpha value is -2.87. The minimum Gasteiger partial charge on any atom is -0.304 e. The quantitative estimate of drug-likeness (QED) is 0.630. The van der Waals surface area contributed by atoms with Crippen molar-refractivity contribution in [3.8, 4) is 0 Å². The third-order valence-electron chi connectivity index (χ3n) is 3.63. The molecule has 0 aliphatic carbocycles. The Morgan fingerprint density at radius 3 is 2.59 bits per heavy atom. The molecule has 1 N–H and O–H groups in total. The summed E-state index contributed by atoms with van der Waals surface area (Å²) in [7, 11) is 0. The normalized spacial score (nSPS) is 11.4. The molecule has 1 heterocycles. The van der Waals surface area contributed by atoms with Crippen molar-refractivity contribution in [3.05, 3.63) is 82.3 Å². The summed E-state index contributed by atoms with van der Waals surface area (Å²) < 4.78 is 52.9. The van der Waals surface area contributed by atoms with Crippen LogP contribution in [0.4, 0.5) is 23.4 Å². The van der Waals surface area contributed by atoms with E-state index >= 15 is 0 Å². The van der Waals surface area contributed by atoms with Gasteiger partial charge in [0.25, 0.3) is 5.91 Å². The van der Waals surface area contributed by atoms with Gasteiger partial charge in [0.2, 0.25) is 0 Å². The van der Waals surface area contributed by atoms with Crippen LogP contribution in [0, 0.1) is 5.82 Å². The lowest BCUT2D eigenvalue weighted by Crippen LogP contribution is -2.15. The molecule has 0 saturated heterocycles. The first-order chi connectivity index (χ1) is 12.7. The van der Waals surface area contributed by atoms with Gasteiger partial charge < -0.3 is 5.32 Å². The first-order valence-corrected chi connectivity index (χ1v) is 8.06. The predicted octanol–water partition coefficient (Wildman–Crippen LogP) is 5.00. The number of amides is 1. The number of rotatable bonds is 4. The molecule has 4 nitrogen and oxygen atoms in total. The monoisotopic (exact) mass is 397 g/mol. The van der Waals surface area contributed by atoms with Crippen LogP contribution in [0.3, 0.4) is 0 Å². The average molecular weight is 398 g/mol. The van der Waals surface area contributed by atoms with E-state index in [-0.39, 0.29) is 22.9 Å². The highest BCUT2D eigenvalue weighted by Crippen LogP contribution is 2.30. The van der Waals surface area contributed by atoms with Crippen molar-refractivity contribution in [2.45, 2.75) is 12.7 Å². The summed E-state index contributed by atoms with van der Waals surface area (Å²) in [5.74, 6) is -1.18. The molecule has 0 radical (unpaired) electrons. The number of aromatic nitrogens is 2. The van der Waals surface area contributed by atoms with Crippen molar-refractivity contribution in [2.24, 2.45) is 0 Å². The highest BCUT2D eigenvalue weighted by molar-refractivity contribution is 6.33. The molecule has 3 rings (SSSR count). The Morgan fingerprint density at radius 1 is 1.15 bits per heavy atom. The van der Waals surface area contributed by atoms with Gasteiger partial charge in [-0.05, 0) is 35.9 Å². The van der Waals surface area contributed by atoms with Crippen molar-refractivity contribution in [1.82, 2.24) is 9.78 Å². The van der Waals surface area contributed by atoms with E-state index < -0.39 is 23.5 Å². The smallest absolute Gasteiger partial charge is 0.304 e. The predicted molar refractivity (Wildman–Crippen MR) is 92.1 cm³/mol. The Balaban J connectivity index is 1.76. The maximum absolute atomic E-state index is 13.2. The fraction of sp³-hybridized carbons (Fsp3) is 0.111. The van der Waals surface area contributed by atoms with E-state index in [2.05, 4.69) is 10.4 Å². The molecule has 0 fully saturated rings. The highest BCUT2D eigenvalue weighted by atomic mass is 35.5. The van der Waals surface area contributed by atoms with E-state index in [1.165, 1.54) is 29.1 Å². The molecular formula is C18H12ClF4N3O. The van der Waals surface area contributed by atoms with Crippen LogP contribution in [-0.2, 0) is 12.7 Å². The Labute approximate surface area is 156 Å². The highest BCUT2D eigenvalue weighted by Gasteiger charge is 2.31. The summed E-state index contributed by atoms with van der Waals surface area (Å²) in [5.41, 5.74) is -0.483. The molecule has 0 atom stereocenters. The minimum atomic E-state index is -4.56. The molecular weight excluding hydrogens is 386 g/mol. The zero-order valence-corrected chi connectivity index (χ0v) is 14.4. The van der Waals surface area contributed by atoms with Gasteiger partial charge in [0.1, 0.15) is 10.8 Å². The molecule has 3 aromatic rings. The topological polar surface area (TPSA) is 46.9 Å². The van der Waals surface area contributed by atoms with E-state index in [1.807, 2.05) is 0 Å². The van der Waals surface area contributed by atoms with Crippen molar-refractivity contribution in [1.29, 1.82) is 0 Å². The maximum Gasteiger partial charge on any atom is 0.416 e. The van der Waals surface area contributed by atoms with Gasteiger partial charge in [-0.25, -0.2) is 4.39 Å². The van der Waals surface area contributed by atoms with Gasteiger partial charge >= 0.3 is 6.18 Å².